The van der Waals surface area contributed by atoms with Crippen molar-refractivity contribution in [3.05, 3.63) is 83.4 Å². The second-order valence-corrected chi connectivity index (χ2v) is 8.77. The minimum Gasteiger partial charge on any atom is -0.327 e. The Morgan fingerprint density at radius 3 is 2.78 bits per heavy atom. The number of hydrogen-bond donors (Lipinski definition) is 0. The molecule has 0 spiro atoms. The highest BCUT2D eigenvalue weighted by Crippen LogP contribution is 2.45. The number of aryl methyl sites for hydroxylation is 1. The van der Waals surface area contributed by atoms with Crippen LogP contribution < -0.4 is 0 Å². The minimum absolute atomic E-state index is 0.0324. The molecule has 4 aromatic rings. The molecule has 2 aromatic carbocycles. The van der Waals surface area contributed by atoms with Gasteiger partial charge in [0.25, 0.3) is 5.91 Å². The third kappa shape index (κ3) is 2.93. The van der Waals surface area contributed by atoms with Crippen molar-refractivity contribution >= 4 is 16.8 Å². The number of rotatable bonds is 2. The molecule has 0 radical (unpaired) electrons. The van der Waals surface area contributed by atoms with Gasteiger partial charge in [-0.1, -0.05) is 6.07 Å². The van der Waals surface area contributed by atoms with Crippen molar-refractivity contribution in [2.45, 2.75) is 37.8 Å². The average molecular weight is 426 g/mol. The minimum atomic E-state index is -0.246. The molecule has 32 heavy (non-hydrogen) atoms. The van der Waals surface area contributed by atoms with Gasteiger partial charge in [-0.05, 0) is 74.2 Å². The molecule has 1 saturated heterocycles. The zero-order valence-corrected chi connectivity index (χ0v) is 17.8. The molecule has 2 aliphatic heterocycles. The summed E-state index contributed by atoms with van der Waals surface area (Å²) in [6, 6.07) is 16.3. The van der Waals surface area contributed by atoms with E-state index in [1.165, 1.54) is 17.7 Å². The maximum Gasteiger partial charge on any atom is 0.254 e. The van der Waals surface area contributed by atoms with Gasteiger partial charge in [-0.25, -0.2) is 4.39 Å². The number of nitrogens with zero attached hydrogens (tertiary/aromatic N) is 4. The van der Waals surface area contributed by atoms with Crippen molar-refractivity contribution in [3.63, 3.8) is 0 Å². The Labute approximate surface area is 185 Å². The predicted octanol–water partition coefficient (Wildman–Crippen LogP) is 5.07. The van der Waals surface area contributed by atoms with Crippen LogP contribution in [0.2, 0.25) is 0 Å². The summed E-state index contributed by atoms with van der Waals surface area (Å²) in [5.74, 6) is -0.186. The molecule has 4 heterocycles. The lowest BCUT2D eigenvalue weighted by Crippen LogP contribution is -2.49. The van der Waals surface area contributed by atoms with Crippen LogP contribution in [-0.4, -0.2) is 31.6 Å². The van der Waals surface area contributed by atoms with Crippen molar-refractivity contribution in [1.29, 1.82) is 0 Å². The van der Waals surface area contributed by atoms with E-state index in [0.29, 0.717) is 5.56 Å². The van der Waals surface area contributed by atoms with E-state index in [-0.39, 0.29) is 23.8 Å². The Balaban J connectivity index is 1.41. The topological polar surface area (TPSA) is 51.0 Å². The SMILES string of the molecule is Cn1nc2c(c1-c1ccc(F)cc1)C[C@H]1CCC[C@@H]2N1C(=O)c1ccc2ncccc2c1. The average Bonchev–Trinajstić information content (AvgIpc) is 3.14. The van der Waals surface area contributed by atoms with Crippen molar-refractivity contribution < 1.29 is 9.18 Å². The van der Waals surface area contributed by atoms with Crippen LogP contribution in [0, 0.1) is 5.82 Å². The molecule has 0 saturated carbocycles. The number of amides is 1. The number of piperidine rings is 1. The van der Waals surface area contributed by atoms with Crippen molar-refractivity contribution in [3.8, 4) is 11.3 Å². The molecule has 6 heteroatoms. The number of benzene rings is 2. The number of halogens is 1. The lowest BCUT2D eigenvalue weighted by molar-refractivity contribution is 0.0392. The van der Waals surface area contributed by atoms with Crippen molar-refractivity contribution in [1.82, 2.24) is 19.7 Å². The van der Waals surface area contributed by atoms with E-state index in [9.17, 15) is 9.18 Å². The first-order valence-corrected chi connectivity index (χ1v) is 11.1. The van der Waals surface area contributed by atoms with Crippen LogP contribution in [-0.2, 0) is 13.5 Å². The van der Waals surface area contributed by atoms with Gasteiger partial charge < -0.3 is 4.90 Å². The number of carbonyl (C=O) groups is 1. The number of fused-ring (bicyclic) bond motifs is 5. The van der Waals surface area contributed by atoms with Crippen molar-refractivity contribution in [2.24, 2.45) is 7.05 Å². The molecule has 0 aliphatic carbocycles. The highest BCUT2D eigenvalue weighted by atomic mass is 19.1. The number of hydrogen-bond acceptors (Lipinski definition) is 3. The van der Waals surface area contributed by atoms with E-state index in [1.807, 2.05) is 54.2 Å². The summed E-state index contributed by atoms with van der Waals surface area (Å²) in [5, 5.41) is 5.84. The van der Waals surface area contributed by atoms with Gasteiger partial charge in [0, 0.05) is 41.4 Å². The monoisotopic (exact) mass is 426 g/mol. The number of aromatic nitrogens is 3. The summed E-state index contributed by atoms with van der Waals surface area (Å²) in [6.45, 7) is 0. The van der Waals surface area contributed by atoms with E-state index in [1.54, 1.807) is 6.20 Å². The van der Waals surface area contributed by atoms with E-state index in [0.717, 1.165) is 53.5 Å². The fourth-order valence-electron chi connectivity index (χ4n) is 5.48. The highest BCUT2D eigenvalue weighted by Gasteiger charge is 2.43. The summed E-state index contributed by atoms with van der Waals surface area (Å²) < 4.78 is 15.4. The zero-order valence-electron chi connectivity index (χ0n) is 17.8. The quantitative estimate of drug-likeness (QED) is 0.450. The highest BCUT2D eigenvalue weighted by molar-refractivity contribution is 5.98. The van der Waals surface area contributed by atoms with Crippen LogP contribution in [0.25, 0.3) is 22.2 Å². The summed E-state index contributed by atoms with van der Waals surface area (Å²) in [6.07, 6.45) is 5.51. The van der Waals surface area contributed by atoms with Gasteiger partial charge in [-0.15, -0.1) is 0 Å². The summed E-state index contributed by atoms with van der Waals surface area (Å²) in [7, 11) is 1.93. The van der Waals surface area contributed by atoms with E-state index in [4.69, 9.17) is 5.10 Å². The van der Waals surface area contributed by atoms with Gasteiger partial charge in [-0.2, -0.15) is 5.10 Å². The Morgan fingerprint density at radius 1 is 1.09 bits per heavy atom. The summed E-state index contributed by atoms with van der Waals surface area (Å²) in [4.78, 5) is 20.1. The Kier molecular flexibility index (Phi) is 4.35. The van der Waals surface area contributed by atoms with Crippen molar-refractivity contribution in [2.75, 3.05) is 0 Å². The van der Waals surface area contributed by atoms with E-state index >= 15 is 0 Å². The molecule has 2 bridgehead atoms. The second kappa shape index (κ2) is 7.26. The molecule has 5 nitrogen and oxygen atoms in total. The Bertz CT molecular complexity index is 1340. The fourth-order valence-corrected chi connectivity index (χ4v) is 5.48. The standard InChI is InChI=1S/C26H23FN4O/c1-30-25(16-7-10-19(27)11-8-16)21-15-20-5-2-6-23(24(21)29-30)31(20)26(32)18-9-12-22-17(14-18)4-3-13-28-22/h3-4,7-14,20,23H,2,5-6,15H2,1H3/t20-,23+/m1/s1. The summed E-state index contributed by atoms with van der Waals surface area (Å²) in [5.41, 5.74) is 5.75. The number of carbonyl (C=O) groups excluding carboxylic acids is 1. The van der Waals surface area contributed by atoms with Gasteiger partial charge in [0.05, 0.1) is 22.9 Å². The molecule has 2 aliphatic rings. The maximum atomic E-state index is 13.7. The van der Waals surface area contributed by atoms with Gasteiger partial charge in [-0.3, -0.25) is 14.5 Å². The van der Waals surface area contributed by atoms with Crippen LogP contribution in [0.1, 0.15) is 46.9 Å². The molecule has 0 N–H and O–H groups in total. The Morgan fingerprint density at radius 2 is 1.94 bits per heavy atom. The Hall–Kier alpha value is -3.54. The third-order valence-corrected chi connectivity index (χ3v) is 6.88. The molecule has 2 aromatic heterocycles. The number of pyridine rings is 1. The normalized spacial score (nSPS) is 19.8. The van der Waals surface area contributed by atoms with Gasteiger partial charge in [0.15, 0.2) is 0 Å². The summed E-state index contributed by atoms with van der Waals surface area (Å²) >= 11 is 0. The van der Waals surface area contributed by atoms with Gasteiger partial charge >= 0.3 is 0 Å². The molecule has 160 valence electrons. The van der Waals surface area contributed by atoms with Crippen LogP contribution in [0.4, 0.5) is 4.39 Å². The molecule has 0 unspecified atom stereocenters. The van der Waals surface area contributed by atoms with Gasteiger partial charge in [0.2, 0.25) is 0 Å². The molecular formula is C26H23FN4O. The fraction of sp³-hybridized carbons (Fsp3) is 0.269. The van der Waals surface area contributed by atoms with Crippen LogP contribution >= 0.6 is 0 Å². The van der Waals surface area contributed by atoms with Crippen LogP contribution in [0.15, 0.2) is 60.8 Å². The van der Waals surface area contributed by atoms with Crippen LogP contribution in [0.5, 0.6) is 0 Å². The maximum absolute atomic E-state index is 13.7. The molecular weight excluding hydrogens is 403 g/mol. The smallest absolute Gasteiger partial charge is 0.254 e. The first-order valence-electron chi connectivity index (χ1n) is 11.1. The van der Waals surface area contributed by atoms with Crippen LogP contribution in [0.3, 0.4) is 0 Å². The first kappa shape index (κ1) is 19.2. The third-order valence-electron chi connectivity index (χ3n) is 6.88. The van der Waals surface area contributed by atoms with E-state index in [2.05, 4.69) is 9.88 Å². The molecule has 6 rings (SSSR count). The second-order valence-electron chi connectivity index (χ2n) is 8.77. The first-order chi connectivity index (χ1) is 15.6. The lowest BCUT2D eigenvalue weighted by atomic mass is 9.81. The molecule has 2 atom stereocenters. The lowest BCUT2D eigenvalue weighted by Gasteiger charge is -2.45. The molecule has 1 fully saturated rings. The van der Waals surface area contributed by atoms with E-state index < -0.39 is 0 Å². The largest absolute Gasteiger partial charge is 0.327 e. The predicted molar refractivity (Wildman–Crippen MR) is 121 cm³/mol. The molecule has 1 amide bonds. The zero-order chi connectivity index (χ0) is 21.8. The van der Waals surface area contributed by atoms with Gasteiger partial charge in [0.1, 0.15) is 5.82 Å².